The Labute approximate surface area is 143 Å². The second-order valence-electron chi connectivity index (χ2n) is 5.52. The molecule has 7 heteroatoms. The van der Waals surface area contributed by atoms with Crippen molar-refractivity contribution >= 4 is 17.8 Å². The summed E-state index contributed by atoms with van der Waals surface area (Å²) in [5.41, 5.74) is 1.11. The highest BCUT2D eigenvalue weighted by Gasteiger charge is 2.44. The minimum absolute atomic E-state index is 0.0116. The fourth-order valence-electron chi connectivity index (χ4n) is 2.59. The van der Waals surface area contributed by atoms with Crippen LogP contribution in [-0.2, 0) is 22.7 Å². The van der Waals surface area contributed by atoms with Crippen molar-refractivity contribution in [3.05, 3.63) is 65.5 Å². The second kappa shape index (κ2) is 6.72. The first-order valence-corrected chi connectivity index (χ1v) is 7.55. The maximum absolute atomic E-state index is 13.8. The van der Waals surface area contributed by atoms with Gasteiger partial charge in [0.1, 0.15) is 0 Å². The highest BCUT2D eigenvalue weighted by atomic mass is 19.1. The average molecular weight is 342 g/mol. The Kier molecular flexibility index (Phi) is 4.47. The molecule has 0 spiro atoms. The van der Waals surface area contributed by atoms with Crippen LogP contribution in [0.25, 0.3) is 0 Å². The van der Waals surface area contributed by atoms with E-state index in [9.17, 15) is 18.8 Å². The first-order valence-electron chi connectivity index (χ1n) is 7.55. The normalized spacial score (nSPS) is 14.4. The summed E-state index contributed by atoms with van der Waals surface area (Å²) in [5, 5.41) is 0. The van der Waals surface area contributed by atoms with E-state index in [-0.39, 0.29) is 18.8 Å². The van der Waals surface area contributed by atoms with Crippen molar-refractivity contribution in [3.8, 4) is 5.75 Å². The lowest BCUT2D eigenvalue weighted by Gasteiger charge is -2.16. The predicted octanol–water partition coefficient (Wildman–Crippen LogP) is 2.33. The van der Waals surface area contributed by atoms with Gasteiger partial charge in [-0.1, -0.05) is 36.4 Å². The summed E-state index contributed by atoms with van der Waals surface area (Å²) in [6.45, 7) is -0.173. The summed E-state index contributed by atoms with van der Waals surface area (Å²) in [4.78, 5) is 38.4. The van der Waals surface area contributed by atoms with Crippen LogP contribution >= 0.6 is 0 Å². The number of hydrogen-bond acceptors (Lipinski definition) is 4. The van der Waals surface area contributed by atoms with E-state index in [1.54, 1.807) is 24.3 Å². The first kappa shape index (κ1) is 16.6. The van der Waals surface area contributed by atoms with Crippen molar-refractivity contribution in [3.63, 3.8) is 0 Å². The SMILES string of the molecule is COc1ccc(CN2C(=O)C(=O)N(Cc3ccccc3)C2=O)cc1F. The van der Waals surface area contributed by atoms with Crippen LogP contribution in [0.2, 0.25) is 0 Å². The van der Waals surface area contributed by atoms with Gasteiger partial charge >= 0.3 is 17.8 Å². The molecule has 0 atom stereocenters. The minimum Gasteiger partial charge on any atom is -0.494 e. The minimum atomic E-state index is -0.919. The van der Waals surface area contributed by atoms with Crippen LogP contribution in [-0.4, -0.2) is 34.8 Å². The van der Waals surface area contributed by atoms with Crippen molar-refractivity contribution in [1.29, 1.82) is 0 Å². The van der Waals surface area contributed by atoms with Crippen LogP contribution in [0.3, 0.4) is 0 Å². The molecule has 1 aliphatic rings. The molecule has 3 rings (SSSR count). The van der Waals surface area contributed by atoms with Crippen LogP contribution in [0.5, 0.6) is 5.75 Å². The summed E-state index contributed by atoms with van der Waals surface area (Å²) < 4.78 is 18.6. The van der Waals surface area contributed by atoms with Gasteiger partial charge < -0.3 is 4.74 Å². The van der Waals surface area contributed by atoms with Crippen molar-refractivity contribution in [2.24, 2.45) is 0 Å². The van der Waals surface area contributed by atoms with E-state index in [0.29, 0.717) is 5.56 Å². The zero-order valence-corrected chi connectivity index (χ0v) is 13.4. The van der Waals surface area contributed by atoms with E-state index in [1.807, 2.05) is 6.07 Å². The highest BCUT2D eigenvalue weighted by molar-refractivity contribution is 6.44. The molecule has 0 saturated carbocycles. The molecule has 4 amide bonds. The maximum Gasteiger partial charge on any atom is 0.334 e. The first-order chi connectivity index (χ1) is 12.0. The summed E-state index contributed by atoms with van der Waals surface area (Å²) in [6.07, 6.45) is 0. The predicted molar refractivity (Wildman–Crippen MR) is 85.9 cm³/mol. The molecule has 128 valence electrons. The van der Waals surface area contributed by atoms with Crippen LogP contribution < -0.4 is 4.74 Å². The Hall–Kier alpha value is -3.22. The lowest BCUT2D eigenvalue weighted by atomic mass is 10.2. The van der Waals surface area contributed by atoms with Gasteiger partial charge in [-0.2, -0.15) is 0 Å². The number of nitrogens with zero attached hydrogens (tertiary/aromatic N) is 2. The smallest absolute Gasteiger partial charge is 0.334 e. The number of ether oxygens (including phenoxy) is 1. The molecule has 2 aromatic carbocycles. The number of carbonyl (C=O) groups excluding carboxylic acids is 3. The quantitative estimate of drug-likeness (QED) is 0.618. The Bertz CT molecular complexity index is 838. The van der Waals surface area contributed by atoms with Crippen LogP contribution in [0.15, 0.2) is 48.5 Å². The van der Waals surface area contributed by atoms with Gasteiger partial charge in [-0.25, -0.2) is 9.18 Å². The molecular weight excluding hydrogens is 327 g/mol. The Morgan fingerprint density at radius 2 is 1.48 bits per heavy atom. The lowest BCUT2D eigenvalue weighted by molar-refractivity contribution is -0.143. The average Bonchev–Trinajstić information content (AvgIpc) is 2.81. The van der Waals surface area contributed by atoms with Crippen LogP contribution in [0, 0.1) is 5.82 Å². The van der Waals surface area contributed by atoms with E-state index in [4.69, 9.17) is 4.74 Å². The van der Waals surface area contributed by atoms with E-state index < -0.39 is 23.7 Å². The molecule has 1 fully saturated rings. The fraction of sp³-hybridized carbons (Fsp3) is 0.167. The van der Waals surface area contributed by atoms with E-state index >= 15 is 0 Å². The summed E-state index contributed by atoms with van der Waals surface area (Å²) in [6, 6.07) is 12.3. The van der Waals surface area contributed by atoms with Crippen molar-refractivity contribution in [2.45, 2.75) is 13.1 Å². The molecule has 0 radical (unpaired) electrons. The Morgan fingerprint density at radius 3 is 2.04 bits per heavy atom. The number of amides is 4. The molecule has 0 aliphatic carbocycles. The fourth-order valence-corrected chi connectivity index (χ4v) is 2.59. The van der Waals surface area contributed by atoms with Gasteiger partial charge in [0, 0.05) is 0 Å². The second-order valence-corrected chi connectivity index (χ2v) is 5.52. The number of benzene rings is 2. The highest BCUT2D eigenvalue weighted by Crippen LogP contribution is 2.22. The van der Waals surface area contributed by atoms with Gasteiger partial charge in [-0.15, -0.1) is 0 Å². The molecule has 2 aromatic rings. The summed E-state index contributed by atoms with van der Waals surface area (Å²) >= 11 is 0. The van der Waals surface area contributed by atoms with Gasteiger partial charge in [0.25, 0.3) is 0 Å². The van der Waals surface area contributed by atoms with E-state index in [2.05, 4.69) is 0 Å². The zero-order chi connectivity index (χ0) is 18.0. The number of imide groups is 2. The Balaban J connectivity index is 1.78. The molecule has 1 heterocycles. The van der Waals surface area contributed by atoms with Crippen molar-refractivity contribution < 1.29 is 23.5 Å². The monoisotopic (exact) mass is 342 g/mol. The molecule has 6 nitrogen and oxygen atoms in total. The lowest BCUT2D eigenvalue weighted by Crippen LogP contribution is -2.32. The molecule has 0 bridgehead atoms. The van der Waals surface area contributed by atoms with Crippen LogP contribution in [0.1, 0.15) is 11.1 Å². The van der Waals surface area contributed by atoms with Crippen molar-refractivity contribution in [2.75, 3.05) is 7.11 Å². The molecule has 0 unspecified atom stereocenters. The van der Waals surface area contributed by atoms with E-state index in [1.165, 1.54) is 25.3 Å². The summed E-state index contributed by atoms with van der Waals surface area (Å²) in [5.74, 6) is -2.35. The molecule has 25 heavy (non-hydrogen) atoms. The topological polar surface area (TPSA) is 66.9 Å². The van der Waals surface area contributed by atoms with Gasteiger partial charge in [0.15, 0.2) is 11.6 Å². The molecular formula is C18H15FN2O4. The molecule has 1 aliphatic heterocycles. The number of urea groups is 1. The van der Waals surface area contributed by atoms with E-state index in [0.717, 1.165) is 15.4 Å². The summed E-state index contributed by atoms with van der Waals surface area (Å²) in [7, 11) is 1.34. The third-order valence-corrected chi connectivity index (χ3v) is 3.88. The van der Waals surface area contributed by atoms with Gasteiger partial charge in [-0.05, 0) is 23.3 Å². The number of methoxy groups -OCH3 is 1. The zero-order valence-electron chi connectivity index (χ0n) is 13.4. The number of hydrogen-bond donors (Lipinski definition) is 0. The third-order valence-electron chi connectivity index (χ3n) is 3.88. The molecule has 0 N–H and O–H groups in total. The number of rotatable bonds is 5. The largest absolute Gasteiger partial charge is 0.494 e. The number of carbonyl (C=O) groups is 3. The van der Waals surface area contributed by atoms with Gasteiger partial charge in [-0.3, -0.25) is 19.4 Å². The standard InChI is InChI=1S/C18H15FN2O4/c1-25-15-8-7-13(9-14(15)19)11-21-17(23)16(22)20(18(21)24)10-12-5-3-2-4-6-12/h2-9H,10-11H2,1H3. The Morgan fingerprint density at radius 1 is 0.880 bits per heavy atom. The number of halogens is 1. The van der Waals surface area contributed by atoms with Gasteiger partial charge in [0.05, 0.1) is 20.2 Å². The van der Waals surface area contributed by atoms with Gasteiger partial charge in [0.2, 0.25) is 0 Å². The maximum atomic E-state index is 13.8. The molecule has 0 aromatic heterocycles. The third kappa shape index (κ3) is 3.21. The van der Waals surface area contributed by atoms with Crippen molar-refractivity contribution in [1.82, 2.24) is 9.80 Å². The van der Waals surface area contributed by atoms with Crippen LogP contribution in [0.4, 0.5) is 9.18 Å². The molecule has 1 saturated heterocycles.